The number of likely N-dealkylation sites (N-methyl/N-ethyl adjacent to an activating group) is 1. The molecule has 0 aliphatic carbocycles. The molecule has 7 heteroatoms. The summed E-state index contributed by atoms with van der Waals surface area (Å²) in [4.78, 5) is 41.4. The molecule has 0 radical (unpaired) electrons. The van der Waals surface area contributed by atoms with Gasteiger partial charge in [-0.05, 0) is 25.2 Å². The van der Waals surface area contributed by atoms with E-state index in [2.05, 4.69) is 10.2 Å². The van der Waals surface area contributed by atoms with Gasteiger partial charge in [0.1, 0.15) is 5.75 Å². The number of carbonyl (C=O) groups excluding carboxylic acids is 3. The Labute approximate surface area is 176 Å². The maximum atomic E-state index is 12.8. The summed E-state index contributed by atoms with van der Waals surface area (Å²) in [5, 5.41) is 2.78. The first-order chi connectivity index (χ1) is 14.5. The minimum Gasteiger partial charge on any atom is -0.495 e. The van der Waals surface area contributed by atoms with Crippen LogP contribution in [0.3, 0.4) is 0 Å². The van der Waals surface area contributed by atoms with Crippen LogP contribution >= 0.6 is 0 Å². The fraction of sp³-hybridized carbons (Fsp3) is 0.348. The average molecular weight is 409 g/mol. The van der Waals surface area contributed by atoms with Gasteiger partial charge < -0.3 is 19.9 Å². The highest BCUT2D eigenvalue weighted by Crippen LogP contribution is 2.26. The Hall–Kier alpha value is -3.19. The molecular formula is C23H27N3O4. The van der Waals surface area contributed by atoms with Crippen LogP contribution in [0.5, 0.6) is 5.75 Å². The molecule has 158 valence electrons. The summed E-state index contributed by atoms with van der Waals surface area (Å²) in [7, 11) is 3.54. The molecule has 0 atom stereocenters. The molecule has 0 spiro atoms. The number of rotatable bonds is 7. The van der Waals surface area contributed by atoms with Crippen LogP contribution < -0.4 is 10.1 Å². The number of amides is 2. The lowest BCUT2D eigenvalue weighted by atomic mass is 10.1. The smallest absolute Gasteiger partial charge is 0.254 e. The first-order valence-electron chi connectivity index (χ1n) is 10.0. The summed E-state index contributed by atoms with van der Waals surface area (Å²) in [5.41, 5.74) is 1.51. The second kappa shape index (κ2) is 10.0. The molecule has 0 saturated carbocycles. The molecule has 0 aromatic heterocycles. The molecule has 2 aromatic rings. The van der Waals surface area contributed by atoms with Gasteiger partial charge in [-0.15, -0.1) is 0 Å². The molecule has 0 bridgehead atoms. The summed E-state index contributed by atoms with van der Waals surface area (Å²) in [6.07, 6.45) is 0.158. The molecule has 3 rings (SSSR count). The number of anilines is 1. The highest BCUT2D eigenvalue weighted by atomic mass is 16.5. The Morgan fingerprint density at radius 3 is 2.30 bits per heavy atom. The van der Waals surface area contributed by atoms with Crippen molar-refractivity contribution in [2.24, 2.45) is 0 Å². The standard InChI is InChI=1S/C23H27N3O4/c1-25-12-14-26(15-13-25)23(29)18-8-10-21(30-2)19(16-18)24-22(28)11-9-20(27)17-6-4-3-5-7-17/h3-8,10,16H,9,11-15H2,1-2H3,(H,24,28). The van der Waals surface area contributed by atoms with Gasteiger partial charge in [-0.2, -0.15) is 0 Å². The van der Waals surface area contributed by atoms with Gasteiger partial charge in [-0.1, -0.05) is 30.3 Å². The number of carbonyl (C=O) groups is 3. The van der Waals surface area contributed by atoms with E-state index in [0.717, 1.165) is 13.1 Å². The predicted octanol–water partition coefficient (Wildman–Crippen LogP) is 2.68. The molecule has 1 aliphatic rings. The van der Waals surface area contributed by atoms with E-state index in [9.17, 15) is 14.4 Å². The molecule has 30 heavy (non-hydrogen) atoms. The van der Waals surface area contributed by atoms with Gasteiger partial charge >= 0.3 is 0 Å². The van der Waals surface area contributed by atoms with Crippen molar-refractivity contribution >= 4 is 23.3 Å². The first kappa shape index (κ1) is 21.5. The molecule has 1 saturated heterocycles. The molecule has 1 aliphatic heterocycles. The number of piperazine rings is 1. The van der Waals surface area contributed by atoms with E-state index < -0.39 is 0 Å². The van der Waals surface area contributed by atoms with E-state index in [1.54, 1.807) is 42.5 Å². The van der Waals surface area contributed by atoms with E-state index in [1.807, 2.05) is 18.0 Å². The molecule has 1 N–H and O–H groups in total. The summed E-state index contributed by atoms with van der Waals surface area (Å²) in [6.45, 7) is 3.01. The van der Waals surface area contributed by atoms with Gasteiger partial charge in [0.25, 0.3) is 5.91 Å². The van der Waals surface area contributed by atoms with Crippen LogP contribution in [0.4, 0.5) is 5.69 Å². The number of nitrogens with zero attached hydrogens (tertiary/aromatic N) is 2. The van der Waals surface area contributed by atoms with Crippen LogP contribution in [0, 0.1) is 0 Å². The monoisotopic (exact) mass is 409 g/mol. The fourth-order valence-corrected chi connectivity index (χ4v) is 3.34. The van der Waals surface area contributed by atoms with E-state index in [1.165, 1.54) is 7.11 Å². The highest BCUT2D eigenvalue weighted by Gasteiger charge is 2.21. The van der Waals surface area contributed by atoms with Crippen LogP contribution in [-0.4, -0.2) is 67.7 Å². The molecule has 7 nitrogen and oxygen atoms in total. The van der Waals surface area contributed by atoms with Gasteiger partial charge in [-0.25, -0.2) is 0 Å². The van der Waals surface area contributed by atoms with Crippen LogP contribution in [0.25, 0.3) is 0 Å². The van der Waals surface area contributed by atoms with Crippen molar-refractivity contribution in [2.75, 3.05) is 45.7 Å². The minimum atomic E-state index is -0.304. The topological polar surface area (TPSA) is 79.0 Å². The Bertz CT molecular complexity index is 906. The van der Waals surface area contributed by atoms with Gasteiger partial charge in [0.05, 0.1) is 12.8 Å². The summed E-state index contributed by atoms with van der Waals surface area (Å²) < 4.78 is 5.32. The number of ketones is 1. The van der Waals surface area contributed by atoms with E-state index in [4.69, 9.17) is 4.74 Å². The van der Waals surface area contributed by atoms with Crippen molar-refractivity contribution in [3.63, 3.8) is 0 Å². The summed E-state index contributed by atoms with van der Waals surface area (Å²) in [5.74, 6) is 0.00616. The Balaban J connectivity index is 1.64. The van der Waals surface area contributed by atoms with Crippen LogP contribution in [0.1, 0.15) is 33.6 Å². The third-order valence-electron chi connectivity index (χ3n) is 5.19. The lowest BCUT2D eigenvalue weighted by molar-refractivity contribution is -0.116. The number of Topliss-reactive ketones (excluding diaryl/α,β-unsaturated/α-hetero) is 1. The second-order valence-electron chi connectivity index (χ2n) is 7.35. The van der Waals surface area contributed by atoms with Crippen molar-refractivity contribution in [1.82, 2.24) is 9.80 Å². The fourth-order valence-electron chi connectivity index (χ4n) is 3.34. The van der Waals surface area contributed by atoms with E-state index in [0.29, 0.717) is 35.7 Å². The summed E-state index contributed by atoms with van der Waals surface area (Å²) >= 11 is 0. The second-order valence-corrected chi connectivity index (χ2v) is 7.35. The normalized spacial score (nSPS) is 14.3. The van der Waals surface area contributed by atoms with Gasteiger partial charge in [0.2, 0.25) is 5.91 Å². The molecule has 0 unspecified atom stereocenters. The Morgan fingerprint density at radius 1 is 0.933 bits per heavy atom. The minimum absolute atomic E-state index is 0.0491. The maximum absolute atomic E-state index is 12.8. The van der Waals surface area contributed by atoms with Gasteiger partial charge in [-0.3, -0.25) is 14.4 Å². The molecule has 2 amide bonds. The zero-order chi connectivity index (χ0) is 21.5. The number of nitrogens with one attached hydrogen (secondary N) is 1. The number of ether oxygens (including phenoxy) is 1. The Morgan fingerprint density at radius 2 is 1.63 bits per heavy atom. The number of methoxy groups -OCH3 is 1. The molecule has 1 fully saturated rings. The lowest BCUT2D eigenvalue weighted by Gasteiger charge is -2.32. The SMILES string of the molecule is COc1ccc(C(=O)N2CCN(C)CC2)cc1NC(=O)CCC(=O)c1ccccc1. The van der Waals surface area contributed by atoms with Crippen LogP contribution in [0.15, 0.2) is 48.5 Å². The average Bonchev–Trinajstić information content (AvgIpc) is 2.78. The molecule has 2 aromatic carbocycles. The van der Waals surface area contributed by atoms with Gasteiger partial charge in [0.15, 0.2) is 5.78 Å². The maximum Gasteiger partial charge on any atom is 0.254 e. The highest BCUT2D eigenvalue weighted by molar-refractivity contribution is 6.01. The lowest BCUT2D eigenvalue weighted by Crippen LogP contribution is -2.47. The Kier molecular flexibility index (Phi) is 7.19. The largest absolute Gasteiger partial charge is 0.495 e. The van der Waals surface area contributed by atoms with Crippen molar-refractivity contribution in [3.05, 3.63) is 59.7 Å². The number of hydrogen-bond donors (Lipinski definition) is 1. The first-order valence-corrected chi connectivity index (χ1v) is 10.0. The third-order valence-corrected chi connectivity index (χ3v) is 5.19. The van der Waals surface area contributed by atoms with Crippen molar-refractivity contribution in [3.8, 4) is 5.75 Å². The van der Waals surface area contributed by atoms with E-state index >= 15 is 0 Å². The van der Waals surface area contributed by atoms with Crippen molar-refractivity contribution in [1.29, 1.82) is 0 Å². The van der Waals surface area contributed by atoms with Crippen LogP contribution in [0.2, 0.25) is 0 Å². The van der Waals surface area contributed by atoms with Crippen molar-refractivity contribution in [2.45, 2.75) is 12.8 Å². The van der Waals surface area contributed by atoms with Gasteiger partial charge in [0, 0.05) is 50.1 Å². The zero-order valence-corrected chi connectivity index (χ0v) is 17.4. The third kappa shape index (κ3) is 5.45. The zero-order valence-electron chi connectivity index (χ0n) is 17.4. The van der Waals surface area contributed by atoms with E-state index in [-0.39, 0.29) is 30.4 Å². The van der Waals surface area contributed by atoms with Crippen LogP contribution in [-0.2, 0) is 4.79 Å². The molecule has 1 heterocycles. The number of benzene rings is 2. The van der Waals surface area contributed by atoms with Crippen molar-refractivity contribution < 1.29 is 19.1 Å². The quantitative estimate of drug-likeness (QED) is 0.712. The number of hydrogen-bond acceptors (Lipinski definition) is 5. The molecular weight excluding hydrogens is 382 g/mol. The summed E-state index contributed by atoms with van der Waals surface area (Å²) in [6, 6.07) is 13.9. The predicted molar refractivity (Wildman–Crippen MR) is 115 cm³/mol.